The zero-order valence-corrected chi connectivity index (χ0v) is 10.6. The Morgan fingerprint density at radius 1 is 1.05 bits per heavy atom. The molecule has 0 aliphatic carbocycles. The molecule has 20 heavy (non-hydrogen) atoms. The predicted octanol–water partition coefficient (Wildman–Crippen LogP) is 3.19. The summed E-state index contributed by atoms with van der Waals surface area (Å²) in [5, 5.41) is 12.9. The van der Waals surface area contributed by atoms with Gasteiger partial charge >= 0.3 is 0 Å². The second kappa shape index (κ2) is 5.01. The van der Waals surface area contributed by atoms with Crippen LogP contribution < -0.4 is 5.32 Å². The van der Waals surface area contributed by atoms with Gasteiger partial charge in [0.1, 0.15) is 5.75 Å². The third kappa shape index (κ3) is 2.44. The number of phenols is 1. The van der Waals surface area contributed by atoms with E-state index in [9.17, 15) is 9.90 Å². The van der Waals surface area contributed by atoms with Crippen molar-refractivity contribution >= 4 is 22.5 Å². The molecular formula is C16H12N2O2. The van der Waals surface area contributed by atoms with Crippen molar-refractivity contribution in [1.29, 1.82) is 0 Å². The number of rotatable bonds is 2. The molecule has 2 aromatic carbocycles. The first-order valence-electron chi connectivity index (χ1n) is 6.17. The molecule has 0 unspecified atom stereocenters. The highest BCUT2D eigenvalue weighted by Gasteiger charge is 2.07. The highest BCUT2D eigenvalue weighted by atomic mass is 16.3. The molecular weight excluding hydrogens is 252 g/mol. The first kappa shape index (κ1) is 12.2. The number of hydrogen-bond acceptors (Lipinski definition) is 3. The van der Waals surface area contributed by atoms with Gasteiger partial charge in [0.25, 0.3) is 5.91 Å². The highest BCUT2D eigenvalue weighted by Crippen LogP contribution is 2.16. The minimum absolute atomic E-state index is 0.162. The van der Waals surface area contributed by atoms with Crippen LogP contribution in [0.2, 0.25) is 0 Å². The number of hydrogen-bond donors (Lipinski definition) is 2. The van der Waals surface area contributed by atoms with Crippen molar-refractivity contribution in [3.05, 3.63) is 66.4 Å². The van der Waals surface area contributed by atoms with Crippen molar-refractivity contribution in [3.8, 4) is 5.75 Å². The van der Waals surface area contributed by atoms with Crippen molar-refractivity contribution < 1.29 is 9.90 Å². The summed E-state index contributed by atoms with van der Waals surface area (Å²) in [6.07, 6.45) is 1.55. The van der Waals surface area contributed by atoms with E-state index in [4.69, 9.17) is 0 Å². The predicted molar refractivity (Wildman–Crippen MR) is 77.8 cm³/mol. The lowest BCUT2D eigenvalue weighted by Crippen LogP contribution is -2.12. The summed E-state index contributed by atoms with van der Waals surface area (Å²) >= 11 is 0. The van der Waals surface area contributed by atoms with Gasteiger partial charge < -0.3 is 10.4 Å². The van der Waals surface area contributed by atoms with Gasteiger partial charge in [0.05, 0.1) is 11.1 Å². The van der Waals surface area contributed by atoms with Crippen LogP contribution in [0, 0.1) is 0 Å². The molecule has 98 valence electrons. The average molecular weight is 264 g/mol. The van der Waals surface area contributed by atoms with Crippen molar-refractivity contribution in [3.63, 3.8) is 0 Å². The Hall–Kier alpha value is -2.88. The number of fused-ring (bicyclic) bond motifs is 1. The maximum atomic E-state index is 12.1. The monoisotopic (exact) mass is 264 g/mol. The molecule has 0 bridgehead atoms. The molecule has 0 fully saturated rings. The molecule has 4 nitrogen and oxygen atoms in total. The maximum Gasteiger partial charge on any atom is 0.257 e. The number of para-hydroxylation sites is 1. The number of amides is 1. The molecule has 0 saturated carbocycles. The van der Waals surface area contributed by atoms with Gasteiger partial charge in [-0.2, -0.15) is 0 Å². The average Bonchev–Trinajstić information content (AvgIpc) is 2.49. The lowest BCUT2D eigenvalue weighted by Gasteiger charge is -2.06. The Labute approximate surface area is 115 Å². The Bertz CT molecular complexity index is 767. The van der Waals surface area contributed by atoms with Crippen molar-refractivity contribution in [2.45, 2.75) is 0 Å². The van der Waals surface area contributed by atoms with E-state index < -0.39 is 0 Å². The smallest absolute Gasteiger partial charge is 0.257 e. The number of phenolic OH excluding ortho intramolecular Hbond substituents is 1. The second-order valence-corrected chi connectivity index (χ2v) is 4.42. The molecule has 3 aromatic rings. The summed E-state index contributed by atoms with van der Waals surface area (Å²) in [5.74, 6) is -0.0655. The fourth-order valence-electron chi connectivity index (χ4n) is 1.94. The van der Waals surface area contributed by atoms with Crippen molar-refractivity contribution in [2.24, 2.45) is 0 Å². The number of aromatic hydroxyl groups is 1. The fraction of sp³-hybridized carbons (Fsp3) is 0. The third-order valence-corrected chi connectivity index (χ3v) is 2.98. The largest absolute Gasteiger partial charge is 0.508 e. The molecule has 0 saturated heterocycles. The van der Waals surface area contributed by atoms with Crippen LogP contribution in [0.1, 0.15) is 10.4 Å². The fourth-order valence-corrected chi connectivity index (χ4v) is 1.94. The highest BCUT2D eigenvalue weighted by molar-refractivity contribution is 6.05. The minimum atomic E-state index is -0.228. The van der Waals surface area contributed by atoms with Crippen molar-refractivity contribution in [2.75, 3.05) is 5.32 Å². The normalized spacial score (nSPS) is 10.4. The van der Waals surface area contributed by atoms with E-state index in [-0.39, 0.29) is 11.7 Å². The molecule has 1 aromatic heterocycles. The Kier molecular flexibility index (Phi) is 3.05. The van der Waals surface area contributed by atoms with E-state index in [0.29, 0.717) is 11.3 Å². The van der Waals surface area contributed by atoms with Crippen LogP contribution in [-0.2, 0) is 0 Å². The summed E-state index contributed by atoms with van der Waals surface area (Å²) < 4.78 is 0. The molecule has 1 amide bonds. The third-order valence-electron chi connectivity index (χ3n) is 2.98. The molecule has 4 heteroatoms. The number of benzene rings is 2. The summed E-state index contributed by atoms with van der Waals surface area (Å²) in [4.78, 5) is 16.4. The van der Waals surface area contributed by atoms with Crippen LogP contribution >= 0.6 is 0 Å². The number of carbonyl (C=O) groups excluding carboxylic acids is 1. The summed E-state index contributed by atoms with van der Waals surface area (Å²) in [6, 6.07) is 15.8. The number of aromatic nitrogens is 1. The zero-order valence-electron chi connectivity index (χ0n) is 10.6. The molecule has 2 N–H and O–H groups in total. The molecule has 0 atom stereocenters. The number of anilines is 1. The quantitative estimate of drug-likeness (QED) is 0.699. The Balaban J connectivity index is 1.86. The van der Waals surface area contributed by atoms with E-state index in [1.54, 1.807) is 24.4 Å². The molecule has 0 aliphatic heterocycles. The lowest BCUT2D eigenvalue weighted by molar-refractivity contribution is 0.102. The van der Waals surface area contributed by atoms with Gasteiger partial charge in [-0.1, -0.05) is 18.2 Å². The van der Waals surface area contributed by atoms with Crippen LogP contribution in [0.15, 0.2) is 60.8 Å². The Morgan fingerprint density at radius 2 is 1.80 bits per heavy atom. The number of nitrogens with one attached hydrogen (secondary N) is 1. The van der Waals surface area contributed by atoms with Gasteiger partial charge in [-0.15, -0.1) is 0 Å². The van der Waals surface area contributed by atoms with E-state index in [1.165, 1.54) is 12.1 Å². The summed E-state index contributed by atoms with van der Waals surface area (Å²) in [7, 11) is 0. The summed E-state index contributed by atoms with van der Waals surface area (Å²) in [5.41, 5.74) is 1.98. The SMILES string of the molecule is O=C(Nc1ccc(O)cc1)c1cnc2ccccc2c1. The molecule has 0 radical (unpaired) electrons. The van der Waals surface area contributed by atoms with E-state index >= 15 is 0 Å². The standard InChI is InChI=1S/C16H12N2O2/c19-14-7-5-13(6-8-14)18-16(20)12-9-11-3-1-2-4-15(11)17-10-12/h1-10,19H,(H,18,20). The topological polar surface area (TPSA) is 62.2 Å². The van der Waals surface area contributed by atoms with Crippen LogP contribution in [-0.4, -0.2) is 16.0 Å². The molecule has 0 aliphatic rings. The van der Waals surface area contributed by atoms with Crippen LogP contribution in [0.25, 0.3) is 10.9 Å². The van der Waals surface area contributed by atoms with E-state index in [2.05, 4.69) is 10.3 Å². The first-order chi connectivity index (χ1) is 9.72. The molecule has 0 spiro atoms. The van der Waals surface area contributed by atoms with Gasteiger partial charge in [0, 0.05) is 17.3 Å². The zero-order chi connectivity index (χ0) is 13.9. The van der Waals surface area contributed by atoms with Gasteiger partial charge in [-0.05, 0) is 36.4 Å². The first-order valence-corrected chi connectivity index (χ1v) is 6.17. The van der Waals surface area contributed by atoms with E-state index in [0.717, 1.165) is 10.9 Å². The van der Waals surface area contributed by atoms with Crippen LogP contribution in [0.5, 0.6) is 5.75 Å². The maximum absolute atomic E-state index is 12.1. The number of pyridine rings is 1. The number of carbonyl (C=O) groups is 1. The van der Waals surface area contributed by atoms with Gasteiger partial charge in [0.2, 0.25) is 0 Å². The second-order valence-electron chi connectivity index (χ2n) is 4.42. The summed E-state index contributed by atoms with van der Waals surface area (Å²) in [6.45, 7) is 0. The number of nitrogens with zero attached hydrogens (tertiary/aromatic N) is 1. The van der Waals surface area contributed by atoms with Gasteiger partial charge in [0.15, 0.2) is 0 Å². The molecule has 3 rings (SSSR count). The minimum Gasteiger partial charge on any atom is -0.508 e. The van der Waals surface area contributed by atoms with E-state index in [1.807, 2.05) is 24.3 Å². The van der Waals surface area contributed by atoms with Gasteiger partial charge in [-0.25, -0.2) is 0 Å². The van der Waals surface area contributed by atoms with Crippen LogP contribution in [0.3, 0.4) is 0 Å². The molecule has 1 heterocycles. The lowest BCUT2D eigenvalue weighted by atomic mass is 10.1. The van der Waals surface area contributed by atoms with Crippen LogP contribution in [0.4, 0.5) is 5.69 Å². The van der Waals surface area contributed by atoms with Gasteiger partial charge in [-0.3, -0.25) is 9.78 Å². The Morgan fingerprint density at radius 3 is 2.60 bits per heavy atom. The van der Waals surface area contributed by atoms with Crippen molar-refractivity contribution in [1.82, 2.24) is 4.98 Å².